The monoisotopic (exact) mass is 455 g/mol. The maximum Gasteiger partial charge on any atom is 0.277 e. The molecule has 3 heterocycles. The van der Waals surface area contributed by atoms with Crippen LogP contribution in [0.4, 0.5) is 0 Å². The van der Waals surface area contributed by atoms with Crippen LogP contribution in [-0.2, 0) is 18.4 Å². The molecule has 5 rings (SSSR count). The minimum Gasteiger partial charge on any atom is -0.387 e. The number of aromatic nitrogens is 4. The molecule has 33 heavy (non-hydrogen) atoms. The Hall–Kier alpha value is -2.22. The lowest BCUT2D eigenvalue weighted by Crippen LogP contribution is -2.62. The minimum atomic E-state index is -1.02. The van der Waals surface area contributed by atoms with Gasteiger partial charge in [-0.2, -0.15) is 0 Å². The van der Waals surface area contributed by atoms with Crippen LogP contribution < -0.4 is 5.56 Å². The number of likely N-dealkylation sites (tertiary alicyclic amines) is 1. The van der Waals surface area contributed by atoms with Gasteiger partial charge in [-0.3, -0.25) is 14.3 Å². The minimum absolute atomic E-state index is 0.166. The molecule has 1 spiro atoms. The molecule has 1 aliphatic heterocycles. The van der Waals surface area contributed by atoms with E-state index in [9.17, 15) is 14.7 Å². The molecule has 0 radical (unpaired) electrons. The van der Waals surface area contributed by atoms with E-state index < -0.39 is 5.60 Å². The Balaban J connectivity index is 1.34. The number of amides is 1. The highest BCUT2D eigenvalue weighted by molar-refractivity contribution is 5.76. The molecule has 2 saturated carbocycles. The number of piperidine rings is 1. The smallest absolute Gasteiger partial charge is 0.277 e. The van der Waals surface area contributed by atoms with E-state index in [0.717, 1.165) is 32.1 Å². The Morgan fingerprint density at radius 1 is 1.15 bits per heavy atom. The first-order chi connectivity index (χ1) is 15.9. The van der Waals surface area contributed by atoms with Crippen molar-refractivity contribution in [3.8, 4) is 0 Å². The molecule has 1 unspecified atom stereocenters. The van der Waals surface area contributed by atoms with Crippen LogP contribution in [0.2, 0.25) is 0 Å². The maximum atomic E-state index is 13.1. The molecular weight excluding hydrogens is 418 g/mol. The first-order valence-corrected chi connectivity index (χ1v) is 12.8. The normalized spacial score (nSPS) is 25.8. The van der Waals surface area contributed by atoms with E-state index >= 15 is 0 Å². The van der Waals surface area contributed by atoms with Gasteiger partial charge in [0.2, 0.25) is 5.91 Å². The van der Waals surface area contributed by atoms with Crippen molar-refractivity contribution in [2.75, 3.05) is 13.1 Å². The Morgan fingerprint density at radius 2 is 1.91 bits per heavy atom. The van der Waals surface area contributed by atoms with Gasteiger partial charge in [0.1, 0.15) is 11.7 Å². The molecule has 180 valence electrons. The summed E-state index contributed by atoms with van der Waals surface area (Å²) in [7, 11) is 1.81. The third-order valence-corrected chi connectivity index (χ3v) is 8.92. The van der Waals surface area contributed by atoms with Crippen molar-refractivity contribution in [2.24, 2.45) is 18.4 Å². The Kier molecular flexibility index (Phi) is 6.05. The first kappa shape index (κ1) is 22.6. The number of hydrogen-bond acceptors (Lipinski definition) is 5. The van der Waals surface area contributed by atoms with Crippen LogP contribution in [-0.4, -0.2) is 53.9 Å². The fourth-order valence-corrected chi connectivity index (χ4v) is 6.82. The van der Waals surface area contributed by atoms with Gasteiger partial charge in [0, 0.05) is 38.2 Å². The lowest BCUT2D eigenvalue weighted by atomic mass is 9.66. The summed E-state index contributed by atoms with van der Waals surface area (Å²) in [4.78, 5) is 36.5. The van der Waals surface area contributed by atoms with Crippen molar-refractivity contribution in [3.05, 3.63) is 22.9 Å². The number of rotatable bonds is 5. The van der Waals surface area contributed by atoms with Gasteiger partial charge in [-0.1, -0.05) is 44.9 Å². The molecule has 8 nitrogen and oxygen atoms in total. The molecule has 2 aromatic rings. The topological polar surface area (TPSA) is 93.2 Å². The second-order valence-corrected chi connectivity index (χ2v) is 10.8. The quantitative estimate of drug-likeness (QED) is 0.748. The van der Waals surface area contributed by atoms with E-state index in [0.29, 0.717) is 42.9 Å². The van der Waals surface area contributed by atoms with Crippen LogP contribution in [0.5, 0.6) is 0 Å². The van der Waals surface area contributed by atoms with Gasteiger partial charge in [-0.15, -0.1) is 0 Å². The highest BCUT2D eigenvalue weighted by Gasteiger charge is 2.55. The van der Waals surface area contributed by atoms with Crippen LogP contribution in [0.15, 0.2) is 17.3 Å². The molecule has 3 aliphatic rings. The fraction of sp³-hybridized carbons (Fsp3) is 0.760. The molecule has 1 saturated heterocycles. The van der Waals surface area contributed by atoms with Crippen LogP contribution in [0.3, 0.4) is 0 Å². The summed E-state index contributed by atoms with van der Waals surface area (Å²) < 4.78 is 3.35. The van der Waals surface area contributed by atoms with E-state index in [-0.39, 0.29) is 23.4 Å². The standard InChI is InChI=1S/C25H37N5O3/c1-28-22-20(15-26-18-27-22)23(32)30(28)17-25(33)13-14-29(16-24(25)11-5-6-12-24)21(31)10-9-19-7-3-2-4-8-19/h15,18-19,33H,2-14,16-17H2,1H3. The Labute approximate surface area is 195 Å². The second-order valence-electron chi connectivity index (χ2n) is 10.8. The molecule has 2 aromatic heterocycles. The number of aliphatic hydroxyl groups is 1. The summed E-state index contributed by atoms with van der Waals surface area (Å²) in [6.07, 6.45) is 15.5. The van der Waals surface area contributed by atoms with Crippen LogP contribution in [0.1, 0.15) is 77.0 Å². The molecule has 0 bridgehead atoms. The predicted molar refractivity (Wildman–Crippen MR) is 126 cm³/mol. The first-order valence-electron chi connectivity index (χ1n) is 12.8. The van der Waals surface area contributed by atoms with Gasteiger partial charge in [0.05, 0.1) is 12.1 Å². The number of hydrogen-bond donors (Lipinski definition) is 1. The van der Waals surface area contributed by atoms with Crippen LogP contribution in [0, 0.1) is 11.3 Å². The number of fused-ring (bicyclic) bond motifs is 1. The van der Waals surface area contributed by atoms with Crippen molar-refractivity contribution in [1.29, 1.82) is 0 Å². The average molecular weight is 456 g/mol. The largest absolute Gasteiger partial charge is 0.387 e. The molecular formula is C25H37N5O3. The number of carbonyl (C=O) groups is 1. The summed E-state index contributed by atoms with van der Waals surface area (Å²) in [6.45, 7) is 1.38. The van der Waals surface area contributed by atoms with Gasteiger partial charge in [-0.05, 0) is 31.6 Å². The van der Waals surface area contributed by atoms with Crippen LogP contribution in [0.25, 0.3) is 11.0 Å². The van der Waals surface area contributed by atoms with Gasteiger partial charge in [0.25, 0.3) is 5.56 Å². The highest BCUT2D eigenvalue weighted by atomic mass is 16.3. The fourth-order valence-electron chi connectivity index (χ4n) is 6.82. The van der Waals surface area contributed by atoms with E-state index in [4.69, 9.17) is 0 Å². The van der Waals surface area contributed by atoms with Crippen molar-refractivity contribution in [1.82, 2.24) is 24.2 Å². The zero-order valence-electron chi connectivity index (χ0n) is 19.8. The molecule has 2 aliphatic carbocycles. The average Bonchev–Trinajstić information content (AvgIpc) is 3.40. The van der Waals surface area contributed by atoms with Crippen molar-refractivity contribution < 1.29 is 9.90 Å². The Bertz CT molecular complexity index is 1060. The zero-order valence-corrected chi connectivity index (χ0v) is 19.8. The third kappa shape index (κ3) is 4.00. The lowest BCUT2D eigenvalue weighted by Gasteiger charge is -2.52. The van der Waals surface area contributed by atoms with Crippen molar-refractivity contribution in [3.63, 3.8) is 0 Å². The SMILES string of the molecule is Cn1c2ncncc2c(=O)n1CC1(O)CCN(C(=O)CCC2CCCCC2)CC12CCCC2. The summed E-state index contributed by atoms with van der Waals surface area (Å²) in [5.41, 5.74) is -0.967. The molecule has 1 amide bonds. The van der Waals surface area contributed by atoms with E-state index in [2.05, 4.69) is 9.97 Å². The zero-order chi connectivity index (χ0) is 23.1. The van der Waals surface area contributed by atoms with Gasteiger partial charge >= 0.3 is 0 Å². The highest BCUT2D eigenvalue weighted by Crippen LogP contribution is 2.51. The van der Waals surface area contributed by atoms with Crippen molar-refractivity contribution in [2.45, 2.75) is 89.2 Å². The van der Waals surface area contributed by atoms with Crippen LogP contribution >= 0.6 is 0 Å². The van der Waals surface area contributed by atoms with Gasteiger partial charge < -0.3 is 10.0 Å². The molecule has 0 aromatic carbocycles. The predicted octanol–water partition coefficient (Wildman–Crippen LogP) is 3.01. The van der Waals surface area contributed by atoms with E-state index in [1.54, 1.807) is 15.6 Å². The third-order valence-electron chi connectivity index (χ3n) is 8.92. The molecule has 3 fully saturated rings. The second kappa shape index (κ2) is 8.85. The summed E-state index contributed by atoms with van der Waals surface area (Å²) in [5, 5.41) is 12.5. The summed E-state index contributed by atoms with van der Waals surface area (Å²) in [5.74, 6) is 0.942. The number of carbonyl (C=O) groups excluding carboxylic acids is 1. The van der Waals surface area contributed by atoms with Gasteiger partial charge in [-0.25, -0.2) is 14.6 Å². The number of nitrogens with zero attached hydrogens (tertiary/aromatic N) is 5. The molecule has 1 N–H and O–H groups in total. The van der Waals surface area contributed by atoms with E-state index in [1.807, 2.05) is 11.9 Å². The van der Waals surface area contributed by atoms with Gasteiger partial charge in [0.15, 0.2) is 5.65 Å². The summed E-state index contributed by atoms with van der Waals surface area (Å²) >= 11 is 0. The van der Waals surface area contributed by atoms with Crippen molar-refractivity contribution >= 4 is 16.9 Å². The maximum absolute atomic E-state index is 13.1. The molecule has 1 atom stereocenters. The number of aryl methyl sites for hydroxylation is 1. The Morgan fingerprint density at radius 3 is 2.64 bits per heavy atom. The van der Waals surface area contributed by atoms with E-state index in [1.165, 1.54) is 38.4 Å². The summed E-state index contributed by atoms with van der Waals surface area (Å²) in [6, 6.07) is 0. The molecule has 8 heteroatoms. The lowest BCUT2D eigenvalue weighted by molar-refractivity contribution is -0.161.